The fraction of sp³-hybridized carbons (Fsp3) is 0.381. The number of sulfonamides is 1. The number of hydrogen-bond acceptors (Lipinski definition) is 4. The average molecular weight is 401 g/mol. The smallest absolute Gasteiger partial charge is 0.240 e. The normalized spacial score (nSPS) is 21.0. The van der Waals surface area contributed by atoms with Crippen LogP contribution in [0.15, 0.2) is 47.4 Å². The van der Waals surface area contributed by atoms with Gasteiger partial charge in [0.15, 0.2) is 0 Å². The second kappa shape index (κ2) is 7.22. The third kappa shape index (κ3) is 3.52. The Morgan fingerprint density at radius 2 is 1.96 bits per heavy atom. The van der Waals surface area contributed by atoms with Gasteiger partial charge in [0.2, 0.25) is 15.9 Å². The summed E-state index contributed by atoms with van der Waals surface area (Å²) in [6.07, 6.45) is 1.44. The monoisotopic (exact) mass is 400 g/mol. The highest BCUT2D eigenvalue weighted by Gasteiger charge is 2.30. The number of rotatable bonds is 4. The molecule has 0 bridgehead atoms. The number of nitrogens with one attached hydrogen (secondary N) is 1. The minimum absolute atomic E-state index is 0.0300. The Hall–Kier alpha value is -2.38. The van der Waals surface area contributed by atoms with E-state index < -0.39 is 10.0 Å². The zero-order chi connectivity index (χ0) is 19.9. The summed E-state index contributed by atoms with van der Waals surface area (Å²) in [5, 5.41) is 0. The summed E-state index contributed by atoms with van der Waals surface area (Å²) in [5.74, 6) is 0.939. The van der Waals surface area contributed by atoms with Crippen LogP contribution in [0.3, 0.4) is 0 Å². The first-order chi connectivity index (χ1) is 13.3. The van der Waals surface area contributed by atoms with Crippen molar-refractivity contribution in [2.45, 2.75) is 37.6 Å². The van der Waals surface area contributed by atoms with E-state index in [4.69, 9.17) is 4.74 Å². The lowest BCUT2D eigenvalue weighted by atomic mass is 9.97. The molecule has 148 valence electrons. The minimum atomic E-state index is -3.62. The van der Waals surface area contributed by atoms with Crippen LogP contribution in [0.5, 0.6) is 5.75 Å². The molecule has 0 aliphatic carbocycles. The van der Waals surface area contributed by atoms with Gasteiger partial charge < -0.3 is 9.64 Å². The Bertz CT molecular complexity index is 1020. The highest BCUT2D eigenvalue weighted by atomic mass is 32.2. The molecule has 0 aromatic heterocycles. The fourth-order valence-corrected chi connectivity index (χ4v) is 5.25. The second-order valence-electron chi connectivity index (χ2n) is 7.57. The maximum absolute atomic E-state index is 12.8. The van der Waals surface area contributed by atoms with Crippen LogP contribution in [0.4, 0.5) is 5.69 Å². The van der Waals surface area contributed by atoms with Gasteiger partial charge in [-0.2, -0.15) is 0 Å². The van der Waals surface area contributed by atoms with Crippen molar-refractivity contribution in [3.63, 3.8) is 0 Å². The maximum Gasteiger partial charge on any atom is 0.240 e. The molecular formula is C21H24N2O4S. The van der Waals surface area contributed by atoms with E-state index >= 15 is 0 Å². The van der Waals surface area contributed by atoms with E-state index in [0.717, 1.165) is 29.0 Å². The predicted octanol–water partition coefficient (Wildman–Crippen LogP) is 2.51. The molecule has 0 fully saturated rings. The van der Waals surface area contributed by atoms with Gasteiger partial charge in [-0.05, 0) is 55.2 Å². The van der Waals surface area contributed by atoms with Crippen LogP contribution in [0.25, 0.3) is 0 Å². The van der Waals surface area contributed by atoms with E-state index in [9.17, 15) is 13.2 Å². The van der Waals surface area contributed by atoms with Gasteiger partial charge in [-0.1, -0.05) is 18.2 Å². The highest BCUT2D eigenvalue weighted by Crippen LogP contribution is 2.34. The minimum Gasteiger partial charge on any atom is -0.493 e. The molecule has 1 amide bonds. The summed E-state index contributed by atoms with van der Waals surface area (Å²) in [4.78, 5) is 13.8. The molecule has 0 spiro atoms. The number of nitrogens with zero attached hydrogens (tertiary/aromatic N) is 1. The lowest BCUT2D eigenvalue weighted by Gasteiger charge is -2.25. The molecule has 2 aliphatic rings. The quantitative estimate of drug-likeness (QED) is 0.856. The summed E-state index contributed by atoms with van der Waals surface area (Å²) in [6.45, 7) is 4.31. The van der Waals surface area contributed by atoms with Gasteiger partial charge in [0, 0.05) is 31.1 Å². The molecule has 2 heterocycles. The first-order valence-corrected chi connectivity index (χ1v) is 11.0. The number of benzene rings is 2. The number of para-hydroxylation sites is 1. The number of hydrogen-bond donors (Lipinski definition) is 1. The number of anilines is 1. The SMILES string of the molecule is CC(=O)N1c2ccc(S(=O)(=O)NCC3COc4ccccc4C3)cc2CC1C. The molecule has 2 atom stereocenters. The first kappa shape index (κ1) is 19.0. The largest absolute Gasteiger partial charge is 0.493 e. The van der Waals surface area contributed by atoms with E-state index in [1.807, 2.05) is 31.2 Å². The van der Waals surface area contributed by atoms with E-state index in [1.165, 1.54) is 6.92 Å². The van der Waals surface area contributed by atoms with Gasteiger partial charge in [0.25, 0.3) is 0 Å². The molecule has 28 heavy (non-hydrogen) atoms. The molecule has 0 saturated carbocycles. The Balaban J connectivity index is 1.46. The molecule has 2 aromatic carbocycles. The molecule has 7 heteroatoms. The predicted molar refractivity (Wildman–Crippen MR) is 107 cm³/mol. The van der Waals surface area contributed by atoms with Crippen LogP contribution in [-0.4, -0.2) is 33.5 Å². The third-order valence-electron chi connectivity index (χ3n) is 5.43. The Kier molecular flexibility index (Phi) is 4.89. The van der Waals surface area contributed by atoms with Crippen molar-refractivity contribution in [2.24, 2.45) is 5.92 Å². The van der Waals surface area contributed by atoms with E-state index in [2.05, 4.69) is 4.72 Å². The van der Waals surface area contributed by atoms with Crippen LogP contribution >= 0.6 is 0 Å². The molecule has 0 radical (unpaired) electrons. The van der Waals surface area contributed by atoms with Gasteiger partial charge in [0.1, 0.15) is 5.75 Å². The third-order valence-corrected chi connectivity index (χ3v) is 6.86. The summed E-state index contributed by atoms with van der Waals surface area (Å²) in [6, 6.07) is 12.9. The Morgan fingerprint density at radius 3 is 2.75 bits per heavy atom. The topological polar surface area (TPSA) is 75.7 Å². The van der Waals surface area contributed by atoms with E-state index in [1.54, 1.807) is 23.1 Å². The van der Waals surface area contributed by atoms with Crippen molar-refractivity contribution < 1.29 is 17.9 Å². The first-order valence-electron chi connectivity index (χ1n) is 9.48. The lowest BCUT2D eigenvalue weighted by Crippen LogP contribution is -2.34. The molecule has 2 aliphatic heterocycles. The Labute approximate surface area is 165 Å². The molecule has 4 rings (SSSR count). The van der Waals surface area contributed by atoms with Gasteiger partial charge in [-0.25, -0.2) is 13.1 Å². The summed E-state index contributed by atoms with van der Waals surface area (Å²) < 4.78 is 34.0. The van der Waals surface area contributed by atoms with Crippen molar-refractivity contribution in [1.82, 2.24) is 4.72 Å². The summed E-state index contributed by atoms with van der Waals surface area (Å²) >= 11 is 0. The molecule has 0 saturated heterocycles. The summed E-state index contributed by atoms with van der Waals surface area (Å²) in [5.41, 5.74) is 2.80. The molecular weight excluding hydrogens is 376 g/mol. The van der Waals surface area contributed by atoms with Gasteiger partial charge in [0.05, 0.1) is 11.5 Å². The van der Waals surface area contributed by atoms with Gasteiger partial charge in [-0.3, -0.25) is 4.79 Å². The van der Waals surface area contributed by atoms with Crippen molar-refractivity contribution in [1.29, 1.82) is 0 Å². The lowest BCUT2D eigenvalue weighted by molar-refractivity contribution is -0.116. The van der Waals surface area contributed by atoms with E-state index in [0.29, 0.717) is 19.6 Å². The number of carbonyl (C=O) groups excluding carboxylic acids is 1. The van der Waals surface area contributed by atoms with Crippen LogP contribution in [0.2, 0.25) is 0 Å². The highest BCUT2D eigenvalue weighted by molar-refractivity contribution is 7.89. The van der Waals surface area contributed by atoms with Crippen LogP contribution in [-0.2, 0) is 27.7 Å². The zero-order valence-electron chi connectivity index (χ0n) is 16.0. The molecule has 2 aromatic rings. The maximum atomic E-state index is 12.8. The second-order valence-corrected chi connectivity index (χ2v) is 9.34. The standard InChI is InChI=1S/C21H24N2O4S/c1-14-9-18-11-19(7-8-20(18)23(14)15(2)24)28(25,26)22-12-16-10-17-5-3-4-6-21(17)27-13-16/h3-8,11,14,16,22H,9-10,12-13H2,1-2H3. The van der Waals surface area contributed by atoms with Crippen LogP contribution in [0.1, 0.15) is 25.0 Å². The van der Waals surface area contributed by atoms with Gasteiger partial charge in [-0.15, -0.1) is 0 Å². The number of carbonyl (C=O) groups is 1. The van der Waals surface area contributed by atoms with Crippen molar-refractivity contribution in [3.8, 4) is 5.75 Å². The molecule has 2 unspecified atom stereocenters. The van der Waals surface area contributed by atoms with Crippen molar-refractivity contribution >= 4 is 21.6 Å². The molecule has 1 N–H and O–H groups in total. The fourth-order valence-electron chi connectivity index (χ4n) is 4.09. The molecule has 6 nitrogen and oxygen atoms in total. The van der Waals surface area contributed by atoms with Crippen LogP contribution < -0.4 is 14.4 Å². The zero-order valence-corrected chi connectivity index (χ0v) is 16.8. The average Bonchev–Trinajstić information content (AvgIpc) is 3.01. The van der Waals surface area contributed by atoms with E-state index in [-0.39, 0.29) is 22.8 Å². The Morgan fingerprint density at radius 1 is 1.18 bits per heavy atom. The number of fused-ring (bicyclic) bond motifs is 2. The van der Waals surface area contributed by atoms with Crippen molar-refractivity contribution in [2.75, 3.05) is 18.1 Å². The summed E-state index contributed by atoms with van der Waals surface area (Å²) in [7, 11) is -3.62. The van der Waals surface area contributed by atoms with Gasteiger partial charge >= 0.3 is 0 Å². The number of amides is 1. The van der Waals surface area contributed by atoms with Crippen LogP contribution in [0, 0.1) is 5.92 Å². The van der Waals surface area contributed by atoms with Crippen molar-refractivity contribution in [3.05, 3.63) is 53.6 Å². The number of ether oxygens (including phenoxy) is 1.